The fourth-order valence-electron chi connectivity index (χ4n) is 3.41. The van der Waals surface area contributed by atoms with Gasteiger partial charge in [-0.15, -0.1) is 0 Å². The quantitative estimate of drug-likeness (QED) is 0.276. The molecule has 0 N–H and O–H groups in total. The van der Waals surface area contributed by atoms with E-state index in [9.17, 15) is 0 Å². The van der Waals surface area contributed by atoms with Crippen LogP contribution in [0.4, 0.5) is 11.4 Å². The molecule has 3 nitrogen and oxygen atoms in total. The maximum atomic E-state index is 5.87. The molecule has 0 heterocycles. The van der Waals surface area contributed by atoms with Crippen molar-refractivity contribution in [2.75, 3.05) is 18.1 Å². The van der Waals surface area contributed by atoms with Crippen LogP contribution in [0.25, 0.3) is 0 Å². The van der Waals surface area contributed by atoms with Crippen LogP contribution in [0.15, 0.2) is 60.8 Å². The van der Waals surface area contributed by atoms with Crippen molar-refractivity contribution in [3.05, 3.63) is 60.8 Å². The van der Waals surface area contributed by atoms with Crippen molar-refractivity contribution in [2.45, 2.75) is 72.1 Å². The Labute approximate surface area is 183 Å². The van der Waals surface area contributed by atoms with Crippen molar-refractivity contribution in [1.82, 2.24) is 0 Å². The van der Waals surface area contributed by atoms with E-state index in [4.69, 9.17) is 9.47 Å². The van der Waals surface area contributed by atoms with Crippen LogP contribution in [0, 0.1) is 0 Å². The van der Waals surface area contributed by atoms with Gasteiger partial charge < -0.3 is 14.4 Å². The van der Waals surface area contributed by atoms with E-state index in [1.54, 1.807) is 0 Å². The lowest BCUT2D eigenvalue weighted by molar-refractivity contribution is 0.305. The minimum Gasteiger partial charge on any atom is -0.494 e. The Balaban J connectivity index is 1.94. The monoisotopic (exact) mass is 409 g/mol. The smallest absolute Gasteiger partial charge is 0.119 e. The molecule has 2 rings (SSSR count). The van der Waals surface area contributed by atoms with Gasteiger partial charge in [-0.25, -0.2) is 0 Å². The van der Waals surface area contributed by atoms with Crippen LogP contribution in [0.5, 0.6) is 11.5 Å². The van der Waals surface area contributed by atoms with Crippen molar-refractivity contribution in [3.8, 4) is 11.5 Å². The summed E-state index contributed by atoms with van der Waals surface area (Å²) in [6.45, 7) is 12.2. The van der Waals surface area contributed by atoms with Gasteiger partial charge in [-0.3, -0.25) is 0 Å². The number of allylic oxidation sites excluding steroid dienone is 1. The molecule has 0 amide bonds. The van der Waals surface area contributed by atoms with E-state index in [2.05, 4.69) is 49.6 Å². The number of hydrogen-bond donors (Lipinski definition) is 0. The first-order valence-corrected chi connectivity index (χ1v) is 11.6. The molecular weight excluding hydrogens is 370 g/mol. The molecule has 0 spiro atoms. The average Bonchev–Trinajstić information content (AvgIpc) is 2.75. The third kappa shape index (κ3) is 8.14. The highest BCUT2D eigenvalue weighted by atomic mass is 16.5. The van der Waals surface area contributed by atoms with E-state index >= 15 is 0 Å². The van der Waals surface area contributed by atoms with Gasteiger partial charge in [0.2, 0.25) is 0 Å². The van der Waals surface area contributed by atoms with Gasteiger partial charge in [0.1, 0.15) is 11.5 Å². The van der Waals surface area contributed by atoms with E-state index in [1.807, 2.05) is 31.2 Å². The Bertz CT molecular complexity index is 664. The summed E-state index contributed by atoms with van der Waals surface area (Å²) in [5.41, 5.74) is 3.12. The largest absolute Gasteiger partial charge is 0.494 e. The fraction of sp³-hybridized carbons (Fsp3) is 0.481. The molecule has 0 fully saturated rings. The second-order valence-corrected chi connectivity index (χ2v) is 7.88. The summed E-state index contributed by atoms with van der Waals surface area (Å²) in [5.74, 6) is 1.84. The van der Waals surface area contributed by atoms with Crippen LogP contribution in [0.3, 0.4) is 0 Å². The van der Waals surface area contributed by atoms with Gasteiger partial charge >= 0.3 is 0 Å². The van der Waals surface area contributed by atoms with Crippen LogP contribution >= 0.6 is 0 Å². The van der Waals surface area contributed by atoms with Crippen molar-refractivity contribution in [2.24, 2.45) is 0 Å². The molecule has 2 aromatic carbocycles. The molecule has 0 radical (unpaired) electrons. The number of hydrogen-bond acceptors (Lipinski definition) is 3. The van der Waals surface area contributed by atoms with E-state index in [0.717, 1.165) is 54.6 Å². The average molecular weight is 410 g/mol. The molecule has 3 heteroatoms. The lowest BCUT2D eigenvalue weighted by Gasteiger charge is -2.25. The Morgan fingerprint density at radius 1 is 0.667 bits per heavy atom. The number of anilines is 2. The molecule has 0 aliphatic carbocycles. The Morgan fingerprint density at radius 2 is 1.07 bits per heavy atom. The SMILES string of the molecule is C=C(C)N(c1ccc(OCCCCCC)cc1)c1ccc(OCCCCCC)cc1. The highest BCUT2D eigenvalue weighted by Crippen LogP contribution is 2.31. The van der Waals surface area contributed by atoms with Gasteiger partial charge in [-0.2, -0.15) is 0 Å². The first kappa shape index (κ1) is 23.9. The third-order valence-electron chi connectivity index (χ3n) is 5.10. The molecule has 30 heavy (non-hydrogen) atoms. The molecule has 0 aliphatic heterocycles. The highest BCUT2D eigenvalue weighted by Gasteiger charge is 2.11. The van der Waals surface area contributed by atoms with Gasteiger partial charge in [0.05, 0.1) is 13.2 Å². The fourth-order valence-corrected chi connectivity index (χ4v) is 3.41. The van der Waals surface area contributed by atoms with Crippen LogP contribution in [0.1, 0.15) is 72.1 Å². The summed E-state index contributed by atoms with van der Waals surface area (Å²) < 4.78 is 11.7. The van der Waals surface area contributed by atoms with Crippen molar-refractivity contribution >= 4 is 11.4 Å². The molecule has 0 bridgehead atoms. The summed E-state index contributed by atoms with van der Waals surface area (Å²) in [6.07, 6.45) is 9.74. The zero-order valence-electron chi connectivity index (χ0n) is 19.2. The molecule has 0 saturated heterocycles. The molecule has 0 unspecified atom stereocenters. The molecule has 164 valence electrons. The zero-order valence-corrected chi connectivity index (χ0v) is 19.2. The molecule has 0 saturated carbocycles. The lowest BCUT2D eigenvalue weighted by atomic mass is 10.2. The van der Waals surface area contributed by atoms with Gasteiger partial charge in [-0.1, -0.05) is 59.0 Å². The molecular formula is C27H39NO2. The first-order valence-electron chi connectivity index (χ1n) is 11.6. The summed E-state index contributed by atoms with van der Waals surface area (Å²) in [4.78, 5) is 2.15. The van der Waals surface area contributed by atoms with E-state index in [-0.39, 0.29) is 0 Å². The summed E-state index contributed by atoms with van der Waals surface area (Å²) in [6, 6.07) is 16.5. The molecule has 0 aromatic heterocycles. The summed E-state index contributed by atoms with van der Waals surface area (Å²) >= 11 is 0. The van der Waals surface area contributed by atoms with Crippen LogP contribution < -0.4 is 14.4 Å². The zero-order chi connectivity index (χ0) is 21.6. The number of unbranched alkanes of at least 4 members (excludes halogenated alkanes) is 6. The van der Waals surface area contributed by atoms with Gasteiger partial charge in [0, 0.05) is 17.1 Å². The number of nitrogens with zero attached hydrogens (tertiary/aromatic N) is 1. The van der Waals surface area contributed by atoms with Gasteiger partial charge in [0.15, 0.2) is 0 Å². The molecule has 0 aliphatic rings. The standard InChI is InChI=1S/C27H39NO2/c1-5-7-9-11-21-29-26-17-13-24(14-18-26)28(23(3)4)25-15-19-27(20-16-25)30-22-12-10-8-6-2/h13-20H,3,5-12,21-22H2,1-2,4H3. The first-order chi connectivity index (χ1) is 14.7. The van der Waals surface area contributed by atoms with Crippen LogP contribution in [-0.2, 0) is 0 Å². The third-order valence-corrected chi connectivity index (χ3v) is 5.10. The number of rotatable bonds is 15. The second-order valence-electron chi connectivity index (χ2n) is 7.88. The van der Waals surface area contributed by atoms with E-state index in [0.29, 0.717) is 0 Å². The highest BCUT2D eigenvalue weighted by molar-refractivity contribution is 5.68. The molecule has 0 atom stereocenters. The lowest BCUT2D eigenvalue weighted by Crippen LogP contribution is -2.13. The van der Waals surface area contributed by atoms with Crippen molar-refractivity contribution in [1.29, 1.82) is 0 Å². The normalized spacial score (nSPS) is 10.6. The van der Waals surface area contributed by atoms with Crippen molar-refractivity contribution < 1.29 is 9.47 Å². The Kier molecular flexibility index (Phi) is 10.9. The summed E-state index contributed by atoms with van der Waals surface area (Å²) in [5, 5.41) is 0. The summed E-state index contributed by atoms with van der Waals surface area (Å²) in [7, 11) is 0. The predicted molar refractivity (Wildman–Crippen MR) is 129 cm³/mol. The predicted octanol–water partition coefficient (Wildman–Crippen LogP) is 8.28. The topological polar surface area (TPSA) is 21.7 Å². The minimum absolute atomic E-state index is 0.781. The van der Waals surface area contributed by atoms with Gasteiger partial charge in [0.25, 0.3) is 0 Å². The Hall–Kier alpha value is -2.42. The number of benzene rings is 2. The van der Waals surface area contributed by atoms with E-state index < -0.39 is 0 Å². The van der Waals surface area contributed by atoms with Crippen LogP contribution in [-0.4, -0.2) is 13.2 Å². The Morgan fingerprint density at radius 3 is 1.40 bits per heavy atom. The molecule has 2 aromatic rings. The van der Waals surface area contributed by atoms with Crippen molar-refractivity contribution in [3.63, 3.8) is 0 Å². The maximum absolute atomic E-state index is 5.87. The minimum atomic E-state index is 0.781. The van der Waals surface area contributed by atoms with Gasteiger partial charge in [-0.05, 0) is 68.3 Å². The number of ether oxygens (including phenoxy) is 2. The second kappa shape index (κ2) is 13.7. The maximum Gasteiger partial charge on any atom is 0.119 e. The van der Waals surface area contributed by atoms with E-state index in [1.165, 1.54) is 38.5 Å². The van der Waals surface area contributed by atoms with Crippen LogP contribution in [0.2, 0.25) is 0 Å².